The van der Waals surface area contributed by atoms with Crippen LogP contribution in [0.2, 0.25) is 0 Å². The molecule has 0 aromatic heterocycles. The van der Waals surface area contributed by atoms with Gasteiger partial charge in [-0.1, -0.05) is 18.2 Å². The maximum atomic E-state index is 5.85. The summed E-state index contributed by atoms with van der Waals surface area (Å²) in [6, 6.07) is 9.89. The number of hydrogen-bond acceptors (Lipinski definition) is 3. The first-order valence-electron chi connectivity index (χ1n) is 5.66. The van der Waals surface area contributed by atoms with Gasteiger partial charge in [0.25, 0.3) is 0 Å². The molecule has 5 heteroatoms. The van der Waals surface area contributed by atoms with Crippen LogP contribution in [0.25, 0.3) is 0 Å². The molecular weight excluding hydrogens is 250 g/mol. The van der Waals surface area contributed by atoms with Gasteiger partial charge in [-0.05, 0) is 12.1 Å². The Morgan fingerprint density at radius 1 is 1.35 bits per heavy atom. The first-order valence-corrected chi connectivity index (χ1v) is 7.86. The first kappa shape index (κ1) is 12.6. The van der Waals surface area contributed by atoms with E-state index in [1.165, 1.54) is 17.3 Å². The van der Waals surface area contributed by atoms with Crippen molar-refractivity contribution in [3.63, 3.8) is 0 Å². The van der Waals surface area contributed by atoms with Crippen molar-refractivity contribution < 1.29 is 0 Å². The largest absolute Gasteiger partial charge is 0.370 e. The Morgan fingerprint density at radius 3 is 2.88 bits per heavy atom. The molecule has 0 amide bonds. The third-order valence-corrected chi connectivity index (χ3v) is 5.22. The van der Waals surface area contributed by atoms with Gasteiger partial charge in [0.1, 0.15) is 0 Å². The number of benzene rings is 1. The summed E-state index contributed by atoms with van der Waals surface area (Å²) in [5.41, 5.74) is 6.83. The summed E-state index contributed by atoms with van der Waals surface area (Å²) in [7, 11) is 0. The summed E-state index contributed by atoms with van der Waals surface area (Å²) >= 11 is 4.01. The molecule has 1 heterocycles. The monoisotopic (exact) mass is 267 g/mol. The molecular formula is C12H17N3S2. The van der Waals surface area contributed by atoms with Crippen LogP contribution in [-0.4, -0.2) is 35.0 Å². The highest BCUT2D eigenvalue weighted by Gasteiger charge is 2.13. The molecule has 92 valence electrons. The molecule has 0 aliphatic carbocycles. The lowest BCUT2D eigenvalue weighted by Crippen LogP contribution is -2.25. The van der Waals surface area contributed by atoms with Crippen LogP contribution in [0.1, 0.15) is 0 Å². The van der Waals surface area contributed by atoms with E-state index in [0.29, 0.717) is 11.2 Å². The van der Waals surface area contributed by atoms with Crippen LogP contribution < -0.4 is 11.1 Å². The summed E-state index contributed by atoms with van der Waals surface area (Å²) in [5, 5.41) is 3.71. The Morgan fingerprint density at radius 2 is 2.18 bits per heavy atom. The fourth-order valence-corrected chi connectivity index (χ4v) is 4.13. The average molecular weight is 267 g/mol. The van der Waals surface area contributed by atoms with Crippen molar-refractivity contribution in [1.29, 1.82) is 0 Å². The van der Waals surface area contributed by atoms with Crippen molar-refractivity contribution in [2.24, 2.45) is 10.7 Å². The highest BCUT2D eigenvalue weighted by atomic mass is 32.2. The van der Waals surface area contributed by atoms with E-state index < -0.39 is 0 Å². The molecule has 1 saturated heterocycles. The molecule has 1 aliphatic heterocycles. The van der Waals surface area contributed by atoms with Crippen LogP contribution >= 0.6 is 23.5 Å². The molecule has 1 aromatic carbocycles. The maximum absolute atomic E-state index is 5.85. The van der Waals surface area contributed by atoms with E-state index >= 15 is 0 Å². The van der Waals surface area contributed by atoms with E-state index in [4.69, 9.17) is 5.73 Å². The average Bonchev–Trinajstić information content (AvgIpc) is 2.39. The predicted octanol–water partition coefficient (Wildman–Crippen LogP) is 2.26. The van der Waals surface area contributed by atoms with E-state index in [0.717, 1.165) is 12.2 Å². The van der Waals surface area contributed by atoms with E-state index in [2.05, 4.69) is 10.3 Å². The van der Waals surface area contributed by atoms with Crippen molar-refractivity contribution in [2.45, 2.75) is 5.25 Å². The lowest BCUT2D eigenvalue weighted by molar-refractivity contribution is 0.953. The maximum Gasteiger partial charge on any atom is 0.193 e. The standard InChI is InChI=1S/C12H17N3S2/c13-12(15-10-4-2-1-3-5-10)14-8-11-9-16-6-7-17-11/h1-5,11H,6-9H2,(H3,13,14,15). The minimum atomic E-state index is 0.507. The number of nitrogens with zero attached hydrogens (tertiary/aromatic N) is 1. The van der Waals surface area contributed by atoms with Gasteiger partial charge in [0, 0.05) is 28.2 Å². The van der Waals surface area contributed by atoms with Gasteiger partial charge in [0.2, 0.25) is 0 Å². The predicted molar refractivity (Wildman–Crippen MR) is 80.1 cm³/mol. The number of guanidine groups is 1. The fraction of sp³-hybridized carbons (Fsp3) is 0.417. The molecule has 1 aromatic rings. The van der Waals surface area contributed by atoms with E-state index in [1.807, 2.05) is 53.9 Å². The molecule has 0 radical (unpaired) electrons. The molecule has 1 unspecified atom stereocenters. The second-order valence-corrected chi connectivity index (χ2v) is 6.34. The molecule has 1 fully saturated rings. The van der Waals surface area contributed by atoms with Crippen LogP contribution in [0.5, 0.6) is 0 Å². The quantitative estimate of drug-likeness (QED) is 0.651. The van der Waals surface area contributed by atoms with Crippen molar-refractivity contribution >= 4 is 35.2 Å². The van der Waals surface area contributed by atoms with Crippen molar-refractivity contribution in [2.75, 3.05) is 29.1 Å². The zero-order valence-corrected chi connectivity index (χ0v) is 11.3. The number of anilines is 1. The third-order valence-electron chi connectivity index (χ3n) is 2.40. The summed E-state index contributed by atoms with van der Waals surface area (Å²) in [5.74, 6) is 4.19. The summed E-state index contributed by atoms with van der Waals surface area (Å²) in [4.78, 5) is 4.39. The van der Waals surface area contributed by atoms with Gasteiger partial charge in [-0.2, -0.15) is 23.5 Å². The van der Waals surface area contributed by atoms with E-state index in [1.54, 1.807) is 0 Å². The number of aliphatic imine (C=N–C) groups is 1. The van der Waals surface area contributed by atoms with Gasteiger partial charge in [0.15, 0.2) is 5.96 Å². The molecule has 17 heavy (non-hydrogen) atoms. The van der Waals surface area contributed by atoms with E-state index in [9.17, 15) is 0 Å². The van der Waals surface area contributed by atoms with Gasteiger partial charge >= 0.3 is 0 Å². The minimum Gasteiger partial charge on any atom is -0.370 e. The molecule has 2 rings (SSSR count). The number of para-hydroxylation sites is 1. The van der Waals surface area contributed by atoms with Gasteiger partial charge in [-0.15, -0.1) is 0 Å². The van der Waals surface area contributed by atoms with E-state index in [-0.39, 0.29) is 0 Å². The fourth-order valence-electron chi connectivity index (χ4n) is 1.55. The van der Waals surface area contributed by atoms with Gasteiger partial charge in [0.05, 0.1) is 6.54 Å². The number of hydrogen-bond donors (Lipinski definition) is 2. The number of thioether (sulfide) groups is 2. The summed E-state index contributed by atoms with van der Waals surface area (Å²) in [6.07, 6.45) is 0. The third kappa shape index (κ3) is 4.52. The lowest BCUT2D eigenvalue weighted by Gasteiger charge is -2.19. The first-order chi connectivity index (χ1) is 8.34. The van der Waals surface area contributed by atoms with Crippen LogP contribution in [0.15, 0.2) is 35.3 Å². The van der Waals surface area contributed by atoms with Gasteiger partial charge in [-0.3, -0.25) is 4.99 Å². The number of nitrogens with two attached hydrogens (primary N) is 1. The SMILES string of the molecule is NC(=NCC1CSCCS1)Nc1ccccc1. The van der Waals surface area contributed by atoms with Crippen LogP contribution in [-0.2, 0) is 0 Å². The van der Waals surface area contributed by atoms with Crippen LogP contribution in [0.3, 0.4) is 0 Å². The highest BCUT2D eigenvalue weighted by Crippen LogP contribution is 2.23. The number of nitrogens with one attached hydrogen (secondary N) is 1. The second kappa shape index (κ2) is 6.81. The minimum absolute atomic E-state index is 0.507. The summed E-state index contributed by atoms with van der Waals surface area (Å²) < 4.78 is 0. The van der Waals surface area contributed by atoms with Gasteiger partial charge in [-0.25, -0.2) is 0 Å². The molecule has 1 aliphatic rings. The topological polar surface area (TPSA) is 50.4 Å². The smallest absolute Gasteiger partial charge is 0.193 e. The molecule has 0 spiro atoms. The number of rotatable bonds is 3. The van der Waals surface area contributed by atoms with Crippen molar-refractivity contribution in [3.05, 3.63) is 30.3 Å². The normalized spacial score (nSPS) is 21.2. The zero-order valence-electron chi connectivity index (χ0n) is 9.63. The van der Waals surface area contributed by atoms with Crippen LogP contribution in [0.4, 0.5) is 5.69 Å². The van der Waals surface area contributed by atoms with Crippen molar-refractivity contribution in [3.8, 4) is 0 Å². The molecule has 0 saturated carbocycles. The van der Waals surface area contributed by atoms with Crippen LogP contribution in [0, 0.1) is 0 Å². The Bertz CT molecular complexity index is 361. The highest BCUT2D eigenvalue weighted by molar-refractivity contribution is 8.06. The lowest BCUT2D eigenvalue weighted by atomic mass is 10.3. The molecule has 1 atom stereocenters. The second-order valence-electron chi connectivity index (χ2n) is 3.78. The Labute approximate surface area is 111 Å². The molecule has 3 N–H and O–H groups in total. The summed E-state index contributed by atoms with van der Waals surface area (Å²) in [6.45, 7) is 0.809. The van der Waals surface area contributed by atoms with Crippen molar-refractivity contribution in [1.82, 2.24) is 0 Å². The Hall–Kier alpha value is -0.810. The Kier molecular flexibility index (Phi) is 5.07. The zero-order chi connectivity index (χ0) is 11.9. The molecule has 0 bridgehead atoms. The van der Waals surface area contributed by atoms with Gasteiger partial charge < -0.3 is 11.1 Å². The molecule has 3 nitrogen and oxygen atoms in total. The Balaban J connectivity index is 1.80.